The molecule has 1 atom stereocenters. The van der Waals surface area contributed by atoms with Gasteiger partial charge < -0.3 is 10.1 Å². The summed E-state index contributed by atoms with van der Waals surface area (Å²) in [4.78, 5) is 0. The van der Waals surface area contributed by atoms with Gasteiger partial charge in [0.05, 0.1) is 11.6 Å². The number of aryl methyl sites for hydroxylation is 1. The van der Waals surface area contributed by atoms with Crippen molar-refractivity contribution in [2.45, 2.75) is 50.9 Å². The molecule has 0 radical (unpaired) electrons. The standard InChI is InChI=1S/C17H24BrNO/c1-20-17-15(13-7-5-9-19-11-13)10-12-6-3-2-4-8-14(12)16(17)18/h10,13,19H,2-9,11H2,1H3. The SMILES string of the molecule is COc1c(C2CCCNC2)cc2c(c1Br)CCCCC2. The van der Waals surface area contributed by atoms with Crippen LogP contribution in [0, 0.1) is 0 Å². The molecule has 1 fully saturated rings. The van der Waals surface area contributed by atoms with Crippen LogP contribution in [0.2, 0.25) is 0 Å². The summed E-state index contributed by atoms with van der Waals surface area (Å²) in [5, 5.41) is 3.53. The van der Waals surface area contributed by atoms with Crippen LogP contribution in [-0.4, -0.2) is 20.2 Å². The van der Waals surface area contributed by atoms with Gasteiger partial charge in [-0.15, -0.1) is 0 Å². The van der Waals surface area contributed by atoms with E-state index < -0.39 is 0 Å². The number of ether oxygens (including phenoxy) is 1. The van der Waals surface area contributed by atoms with Gasteiger partial charge in [0, 0.05) is 12.5 Å². The second kappa shape index (κ2) is 6.48. The highest BCUT2D eigenvalue weighted by Crippen LogP contribution is 2.42. The third-order valence-corrected chi connectivity index (χ3v) is 5.60. The quantitative estimate of drug-likeness (QED) is 0.817. The molecule has 0 spiro atoms. The first-order chi connectivity index (χ1) is 9.81. The van der Waals surface area contributed by atoms with Crippen LogP contribution in [-0.2, 0) is 12.8 Å². The third-order valence-electron chi connectivity index (χ3n) is 4.76. The number of hydrogen-bond donors (Lipinski definition) is 1. The second-order valence-corrected chi connectivity index (χ2v) is 6.85. The Morgan fingerprint density at radius 1 is 1.20 bits per heavy atom. The zero-order chi connectivity index (χ0) is 13.9. The Kier molecular flexibility index (Phi) is 4.67. The fourth-order valence-corrected chi connectivity index (χ4v) is 4.50. The molecule has 110 valence electrons. The number of hydrogen-bond acceptors (Lipinski definition) is 2. The normalized spacial score (nSPS) is 23.0. The minimum Gasteiger partial charge on any atom is -0.495 e. The van der Waals surface area contributed by atoms with Crippen molar-refractivity contribution in [1.29, 1.82) is 0 Å². The van der Waals surface area contributed by atoms with E-state index in [1.54, 1.807) is 5.56 Å². The second-order valence-electron chi connectivity index (χ2n) is 6.05. The minimum atomic E-state index is 0.601. The van der Waals surface area contributed by atoms with Gasteiger partial charge in [-0.3, -0.25) is 0 Å². The smallest absolute Gasteiger partial charge is 0.136 e. The summed E-state index contributed by atoms with van der Waals surface area (Å²) < 4.78 is 6.98. The van der Waals surface area contributed by atoms with E-state index in [4.69, 9.17) is 4.74 Å². The molecule has 20 heavy (non-hydrogen) atoms. The topological polar surface area (TPSA) is 21.3 Å². The highest BCUT2D eigenvalue weighted by molar-refractivity contribution is 9.10. The highest BCUT2D eigenvalue weighted by Gasteiger charge is 2.24. The van der Waals surface area contributed by atoms with E-state index in [2.05, 4.69) is 27.3 Å². The molecule has 0 amide bonds. The van der Waals surface area contributed by atoms with Gasteiger partial charge in [0.15, 0.2) is 0 Å². The lowest BCUT2D eigenvalue weighted by Crippen LogP contribution is -2.28. The van der Waals surface area contributed by atoms with Crippen LogP contribution < -0.4 is 10.1 Å². The van der Waals surface area contributed by atoms with Gasteiger partial charge in [-0.1, -0.05) is 12.5 Å². The van der Waals surface area contributed by atoms with Crippen LogP contribution in [0.25, 0.3) is 0 Å². The Labute approximate surface area is 130 Å². The first-order valence-corrected chi connectivity index (χ1v) is 8.69. The van der Waals surface area contributed by atoms with E-state index in [0.717, 1.165) is 18.8 Å². The van der Waals surface area contributed by atoms with Gasteiger partial charge in [0.1, 0.15) is 5.75 Å². The van der Waals surface area contributed by atoms with E-state index in [9.17, 15) is 0 Å². The summed E-state index contributed by atoms with van der Waals surface area (Å²) in [5.41, 5.74) is 4.45. The molecular formula is C17H24BrNO. The summed E-state index contributed by atoms with van der Waals surface area (Å²) in [7, 11) is 1.81. The molecule has 3 heteroatoms. The van der Waals surface area contributed by atoms with Crippen molar-refractivity contribution in [3.8, 4) is 5.75 Å². The monoisotopic (exact) mass is 337 g/mol. The van der Waals surface area contributed by atoms with Gasteiger partial charge in [-0.05, 0) is 77.7 Å². The lowest BCUT2D eigenvalue weighted by molar-refractivity contribution is 0.389. The summed E-state index contributed by atoms with van der Waals surface area (Å²) in [6.07, 6.45) is 8.94. The van der Waals surface area contributed by atoms with Crippen molar-refractivity contribution >= 4 is 15.9 Å². The summed E-state index contributed by atoms with van der Waals surface area (Å²) >= 11 is 3.83. The molecule has 1 aliphatic heterocycles. The Hall–Kier alpha value is -0.540. The number of halogens is 1. The summed E-state index contributed by atoms with van der Waals surface area (Å²) in [5.74, 6) is 1.68. The van der Waals surface area contributed by atoms with Crippen molar-refractivity contribution in [3.63, 3.8) is 0 Å². The Bertz CT molecular complexity index is 480. The summed E-state index contributed by atoms with van der Waals surface area (Å²) in [6.45, 7) is 2.24. The largest absolute Gasteiger partial charge is 0.495 e. The number of fused-ring (bicyclic) bond motifs is 1. The minimum absolute atomic E-state index is 0.601. The fourth-order valence-electron chi connectivity index (χ4n) is 3.66. The highest BCUT2D eigenvalue weighted by atomic mass is 79.9. The molecular weight excluding hydrogens is 314 g/mol. The van der Waals surface area contributed by atoms with E-state index in [1.807, 2.05) is 7.11 Å². The zero-order valence-electron chi connectivity index (χ0n) is 12.3. The lowest BCUT2D eigenvalue weighted by Gasteiger charge is -2.27. The van der Waals surface area contributed by atoms with E-state index in [0.29, 0.717) is 5.92 Å². The van der Waals surface area contributed by atoms with Crippen molar-refractivity contribution < 1.29 is 4.74 Å². The van der Waals surface area contributed by atoms with Gasteiger partial charge in [0.25, 0.3) is 0 Å². The number of rotatable bonds is 2. The Morgan fingerprint density at radius 2 is 2.05 bits per heavy atom. The Morgan fingerprint density at radius 3 is 2.80 bits per heavy atom. The third kappa shape index (κ3) is 2.75. The van der Waals surface area contributed by atoms with Crippen molar-refractivity contribution in [3.05, 3.63) is 27.2 Å². The van der Waals surface area contributed by atoms with E-state index in [1.165, 1.54) is 60.5 Å². The van der Waals surface area contributed by atoms with Crippen LogP contribution in [0.5, 0.6) is 5.75 Å². The molecule has 1 aromatic rings. The van der Waals surface area contributed by atoms with Gasteiger partial charge >= 0.3 is 0 Å². The fraction of sp³-hybridized carbons (Fsp3) is 0.647. The van der Waals surface area contributed by atoms with Gasteiger partial charge in [-0.25, -0.2) is 0 Å². The number of nitrogens with one attached hydrogen (secondary N) is 1. The predicted octanol–water partition coefficient (Wildman–Crippen LogP) is 4.19. The van der Waals surface area contributed by atoms with Crippen molar-refractivity contribution in [2.75, 3.05) is 20.2 Å². The van der Waals surface area contributed by atoms with Crippen LogP contribution in [0.3, 0.4) is 0 Å². The molecule has 0 bridgehead atoms. The average Bonchev–Trinajstić information content (AvgIpc) is 2.73. The first kappa shape index (κ1) is 14.4. The molecule has 1 aliphatic carbocycles. The van der Waals surface area contributed by atoms with Crippen LogP contribution >= 0.6 is 15.9 Å². The van der Waals surface area contributed by atoms with Crippen molar-refractivity contribution in [1.82, 2.24) is 5.32 Å². The van der Waals surface area contributed by atoms with E-state index >= 15 is 0 Å². The molecule has 1 heterocycles. The van der Waals surface area contributed by atoms with Crippen molar-refractivity contribution in [2.24, 2.45) is 0 Å². The Balaban J connectivity index is 2.04. The zero-order valence-corrected chi connectivity index (χ0v) is 13.9. The number of piperidine rings is 1. The molecule has 1 saturated heterocycles. The van der Waals surface area contributed by atoms with Gasteiger partial charge in [-0.2, -0.15) is 0 Å². The lowest BCUT2D eigenvalue weighted by atomic mass is 9.87. The maximum absolute atomic E-state index is 5.76. The maximum atomic E-state index is 5.76. The summed E-state index contributed by atoms with van der Waals surface area (Å²) in [6, 6.07) is 2.45. The van der Waals surface area contributed by atoms with Crippen LogP contribution in [0.15, 0.2) is 10.5 Å². The van der Waals surface area contributed by atoms with Gasteiger partial charge in [0.2, 0.25) is 0 Å². The molecule has 1 unspecified atom stereocenters. The number of benzene rings is 1. The van der Waals surface area contributed by atoms with Crippen LogP contribution in [0.4, 0.5) is 0 Å². The molecule has 1 aromatic carbocycles. The molecule has 2 aliphatic rings. The average molecular weight is 338 g/mol. The molecule has 2 nitrogen and oxygen atoms in total. The molecule has 0 saturated carbocycles. The first-order valence-electron chi connectivity index (χ1n) is 7.90. The maximum Gasteiger partial charge on any atom is 0.136 e. The van der Waals surface area contributed by atoms with E-state index in [-0.39, 0.29) is 0 Å². The molecule has 1 N–H and O–H groups in total. The number of methoxy groups -OCH3 is 1. The van der Waals surface area contributed by atoms with Crippen LogP contribution in [0.1, 0.15) is 54.7 Å². The molecule has 0 aromatic heterocycles. The molecule has 3 rings (SSSR count). The predicted molar refractivity (Wildman–Crippen MR) is 86.8 cm³/mol.